The van der Waals surface area contributed by atoms with E-state index in [9.17, 15) is 12.8 Å². The molecule has 2 aromatic carbocycles. The van der Waals surface area contributed by atoms with E-state index in [1.165, 1.54) is 12.1 Å². The van der Waals surface area contributed by atoms with Gasteiger partial charge in [-0.2, -0.15) is 0 Å². The lowest BCUT2D eigenvalue weighted by Gasteiger charge is -2.16. The minimum Gasteiger partial charge on any atom is -0.207 e. The molecule has 0 fully saturated rings. The normalized spacial score (nSPS) is 13.1. The molecule has 0 amide bonds. The van der Waals surface area contributed by atoms with Gasteiger partial charge in [-0.05, 0) is 50.1 Å². The van der Waals surface area contributed by atoms with Crippen LogP contribution < -0.4 is 4.72 Å². The Morgan fingerprint density at radius 3 is 2.24 bits per heavy atom. The molecule has 3 nitrogen and oxygen atoms in total. The van der Waals surface area contributed by atoms with Crippen LogP contribution in [0.25, 0.3) is 0 Å². The average molecular weight is 307 g/mol. The summed E-state index contributed by atoms with van der Waals surface area (Å²) in [5.74, 6) is -0.446. The third-order valence-electron chi connectivity index (χ3n) is 3.34. The standard InChI is InChI=1S/C16H18FNO2S/c1-11-4-6-14(7-5-11)13(3)18-21(19,20)16-9-8-15(17)10-12(16)2/h4-10,13,18H,1-3H3/t13-/m0/s1. The molecule has 112 valence electrons. The fourth-order valence-corrected chi connectivity index (χ4v) is 3.59. The summed E-state index contributed by atoms with van der Waals surface area (Å²) in [5, 5.41) is 0. The second kappa shape index (κ2) is 5.95. The zero-order chi connectivity index (χ0) is 15.6. The molecule has 0 aliphatic carbocycles. The first-order valence-corrected chi connectivity index (χ1v) is 8.13. The van der Waals surface area contributed by atoms with Crippen LogP contribution in [0.15, 0.2) is 47.4 Å². The number of benzene rings is 2. The molecule has 0 aliphatic heterocycles. The lowest BCUT2D eigenvalue weighted by Crippen LogP contribution is -2.27. The van der Waals surface area contributed by atoms with Crippen LogP contribution in [0.2, 0.25) is 0 Å². The lowest BCUT2D eigenvalue weighted by atomic mass is 10.1. The molecule has 0 bridgehead atoms. The van der Waals surface area contributed by atoms with Crippen molar-refractivity contribution >= 4 is 10.0 Å². The van der Waals surface area contributed by atoms with Crippen molar-refractivity contribution in [3.63, 3.8) is 0 Å². The molecule has 0 unspecified atom stereocenters. The molecule has 0 heterocycles. The van der Waals surface area contributed by atoms with Crippen molar-refractivity contribution in [1.82, 2.24) is 4.72 Å². The number of halogens is 1. The van der Waals surface area contributed by atoms with Gasteiger partial charge in [0.1, 0.15) is 5.82 Å². The zero-order valence-electron chi connectivity index (χ0n) is 12.2. The van der Waals surface area contributed by atoms with Crippen molar-refractivity contribution in [2.24, 2.45) is 0 Å². The van der Waals surface area contributed by atoms with Crippen LogP contribution in [0, 0.1) is 19.7 Å². The molecule has 0 saturated heterocycles. The van der Waals surface area contributed by atoms with Crippen LogP contribution in [0.4, 0.5) is 4.39 Å². The maximum Gasteiger partial charge on any atom is 0.241 e. The summed E-state index contributed by atoms with van der Waals surface area (Å²) in [6.07, 6.45) is 0. The molecule has 21 heavy (non-hydrogen) atoms. The summed E-state index contributed by atoms with van der Waals surface area (Å²) in [4.78, 5) is 0.0999. The molecule has 0 spiro atoms. The molecule has 0 aromatic heterocycles. The molecule has 2 aromatic rings. The monoisotopic (exact) mass is 307 g/mol. The van der Waals surface area contributed by atoms with Gasteiger partial charge in [-0.1, -0.05) is 29.8 Å². The van der Waals surface area contributed by atoms with Gasteiger partial charge < -0.3 is 0 Å². The second-order valence-electron chi connectivity index (χ2n) is 5.16. The van der Waals surface area contributed by atoms with Crippen LogP contribution in [0.3, 0.4) is 0 Å². The Labute approximate surface area is 124 Å². The molecule has 0 saturated carbocycles. The summed E-state index contributed by atoms with van der Waals surface area (Å²) in [5.41, 5.74) is 2.38. The van der Waals surface area contributed by atoms with E-state index in [-0.39, 0.29) is 10.9 Å². The van der Waals surface area contributed by atoms with E-state index in [0.717, 1.165) is 17.2 Å². The molecular formula is C16H18FNO2S. The van der Waals surface area contributed by atoms with Gasteiger partial charge >= 0.3 is 0 Å². The first-order valence-electron chi connectivity index (χ1n) is 6.64. The maximum absolute atomic E-state index is 13.1. The van der Waals surface area contributed by atoms with Gasteiger partial charge in [0.2, 0.25) is 10.0 Å². The van der Waals surface area contributed by atoms with E-state index in [4.69, 9.17) is 0 Å². The highest BCUT2D eigenvalue weighted by Gasteiger charge is 2.20. The molecule has 1 atom stereocenters. The fourth-order valence-electron chi connectivity index (χ4n) is 2.13. The zero-order valence-corrected chi connectivity index (χ0v) is 13.0. The van der Waals surface area contributed by atoms with Crippen LogP contribution >= 0.6 is 0 Å². The summed E-state index contributed by atoms with van der Waals surface area (Å²) in [6, 6.07) is 10.9. The largest absolute Gasteiger partial charge is 0.241 e. The first kappa shape index (κ1) is 15.7. The van der Waals surface area contributed by atoms with Crippen LogP contribution in [0.5, 0.6) is 0 Å². The predicted molar refractivity (Wildman–Crippen MR) is 81.1 cm³/mol. The Balaban J connectivity index is 2.26. The van der Waals surface area contributed by atoms with Gasteiger partial charge in [0.25, 0.3) is 0 Å². The van der Waals surface area contributed by atoms with Crippen molar-refractivity contribution in [1.29, 1.82) is 0 Å². The van der Waals surface area contributed by atoms with E-state index < -0.39 is 15.8 Å². The van der Waals surface area contributed by atoms with Gasteiger partial charge in [-0.25, -0.2) is 17.5 Å². The minimum atomic E-state index is -3.68. The van der Waals surface area contributed by atoms with E-state index in [1.807, 2.05) is 31.2 Å². The molecule has 5 heteroatoms. The molecular weight excluding hydrogens is 289 g/mol. The SMILES string of the molecule is Cc1ccc([C@H](C)NS(=O)(=O)c2ccc(F)cc2C)cc1. The Morgan fingerprint density at radius 1 is 1.05 bits per heavy atom. The summed E-state index contributed by atoms with van der Waals surface area (Å²) < 4.78 is 40.5. The smallest absolute Gasteiger partial charge is 0.207 e. The number of rotatable bonds is 4. The summed E-state index contributed by atoms with van der Waals surface area (Å²) >= 11 is 0. The minimum absolute atomic E-state index is 0.0999. The van der Waals surface area contributed by atoms with E-state index in [1.54, 1.807) is 13.8 Å². The van der Waals surface area contributed by atoms with Crippen molar-refractivity contribution in [2.45, 2.75) is 31.7 Å². The Kier molecular flexibility index (Phi) is 4.44. The predicted octanol–water partition coefficient (Wildman–Crippen LogP) is 3.48. The van der Waals surface area contributed by atoms with Crippen LogP contribution in [-0.2, 0) is 10.0 Å². The summed E-state index contributed by atoms with van der Waals surface area (Å²) in [7, 11) is -3.68. The highest BCUT2D eigenvalue weighted by molar-refractivity contribution is 7.89. The van der Waals surface area contributed by atoms with E-state index in [2.05, 4.69) is 4.72 Å². The van der Waals surface area contributed by atoms with Crippen LogP contribution in [-0.4, -0.2) is 8.42 Å². The number of hydrogen-bond acceptors (Lipinski definition) is 2. The molecule has 0 radical (unpaired) electrons. The highest BCUT2D eigenvalue weighted by Crippen LogP contribution is 2.20. The number of sulfonamides is 1. The van der Waals surface area contributed by atoms with Gasteiger partial charge in [-0.15, -0.1) is 0 Å². The fraction of sp³-hybridized carbons (Fsp3) is 0.250. The summed E-state index contributed by atoms with van der Waals surface area (Å²) in [6.45, 7) is 5.33. The average Bonchev–Trinajstić information content (AvgIpc) is 2.38. The van der Waals surface area contributed by atoms with Crippen molar-refractivity contribution in [3.05, 3.63) is 65.0 Å². The highest BCUT2D eigenvalue weighted by atomic mass is 32.2. The Morgan fingerprint density at radius 2 is 1.67 bits per heavy atom. The second-order valence-corrected chi connectivity index (χ2v) is 6.85. The first-order chi connectivity index (χ1) is 9.79. The molecule has 2 rings (SSSR count). The maximum atomic E-state index is 13.1. The molecule has 1 N–H and O–H groups in total. The van der Waals surface area contributed by atoms with Gasteiger partial charge in [-0.3, -0.25) is 0 Å². The lowest BCUT2D eigenvalue weighted by molar-refractivity contribution is 0.565. The van der Waals surface area contributed by atoms with Crippen molar-refractivity contribution in [2.75, 3.05) is 0 Å². The Bertz CT molecular complexity index is 739. The third-order valence-corrected chi connectivity index (χ3v) is 5.04. The van der Waals surface area contributed by atoms with Gasteiger partial charge in [0.15, 0.2) is 0 Å². The van der Waals surface area contributed by atoms with Gasteiger partial charge in [0.05, 0.1) is 4.90 Å². The molecule has 0 aliphatic rings. The number of nitrogens with one attached hydrogen (secondary N) is 1. The van der Waals surface area contributed by atoms with Crippen molar-refractivity contribution < 1.29 is 12.8 Å². The third kappa shape index (κ3) is 3.68. The van der Waals surface area contributed by atoms with Gasteiger partial charge in [0, 0.05) is 6.04 Å². The Hall–Kier alpha value is -1.72. The van der Waals surface area contributed by atoms with Crippen LogP contribution in [0.1, 0.15) is 29.7 Å². The van der Waals surface area contributed by atoms with Crippen molar-refractivity contribution in [3.8, 4) is 0 Å². The topological polar surface area (TPSA) is 46.2 Å². The van der Waals surface area contributed by atoms with E-state index >= 15 is 0 Å². The number of hydrogen-bond donors (Lipinski definition) is 1. The van der Waals surface area contributed by atoms with E-state index in [0.29, 0.717) is 5.56 Å². The quantitative estimate of drug-likeness (QED) is 0.940. The number of aryl methyl sites for hydroxylation is 2.